The highest BCUT2D eigenvalue weighted by Crippen LogP contribution is 2.31. The van der Waals surface area contributed by atoms with E-state index in [-0.39, 0.29) is 12.8 Å². The Labute approximate surface area is 103 Å². The van der Waals surface area contributed by atoms with Gasteiger partial charge in [0.25, 0.3) is 0 Å². The molecule has 1 saturated heterocycles. The molecule has 2 aromatic heterocycles. The van der Waals surface area contributed by atoms with Crippen molar-refractivity contribution in [1.29, 1.82) is 0 Å². The van der Waals surface area contributed by atoms with Gasteiger partial charge in [-0.05, 0) is 6.07 Å². The average molecular weight is 250 g/mol. The number of nitrogens with two attached hydrogens (primary N) is 1. The Morgan fingerprint density at radius 2 is 2.33 bits per heavy atom. The third kappa shape index (κ3) is 1.64. The number of nitrogens with zero attached hydrogens (tertiary/aromatic N) is 3. The fourth-order valence-corrected chi connectivity index (χ4v) is 2.27. The van der Waals surface area contributed by atoms with Gasteiger partial charge in [-0.15, -0.1) is 0 Å². The van der Waals surface area contributed by atoms with E-state index in [1.807, 2.05) is 6.07 Å². The van der Waals surface area contributed by atoms with Gasteiger partial charge in [0.2, 0.25) is 0 Å². The molecule has 0 radical (unpaired) electrons. The first-order valence-corrected chi connectivity index (χ1v) is 5.72. The summed E-state index contributed by atoms with van der Waals surface area (Å²) in [7, 11) is 0. The Morgan fingerprint density at radius 3 is 3.06 bits per heavy atom. The maximum Gasteiger partial charge on any atom is 0.147 e. The first-order valence-electron chi connectivity index (χ1n) is 5.72. The lowest BCUT2D eigenvalue weighted by Crippen LogP contribution is -2.24. The molecular formula is C11H14N4O3. The summed E-state index contributed by atoms with van der Waals surface area (Å²) in [4.78, 5) is 8.09. The molecule has 4 N–H and O–H groups in total. The van der Waals surface area contributed by atoms with Gasteiger partial charge in [-0.1, -0.05) is 0 Å². The molecule has 1 fully saturated rings. The number of rotatable bonds is 2. The molecule has 3 atom stereocenters. The average Bonchev–Trinajstić information content (AvgIpc) is 2.93. The van der Waals surface area contributed by atoms with E-state index in [0.29, 0.717) is 17.9 Å². The minimum Gasteiger partial charge on any atom is -0.394 e. The van der Waals surface area contributed by atoms with E-state index < -0.39 is 12.2 Å². The molecule has 0 saturated carbocycles. The van der Waals surface area contributed by atoms with Crippen LogP contribution in [0.25, 0.3) is 11.0 Å². The highest BCUT2D eigenvalue weighted by Gasteiger charge is 2.34. The molecule has 7 nitrogen and oxygen atoms in total. The second-order valence-electron chi connectivity index (χ2n) is 4.33. The van der Waals surface area contributed by atoms with Crippen molar-refractivity contribution in [2.24, 2.45) is 0 Å². The lowest BCUT2D eigenvalue weighted by molar-refractivity contribution is -0.0430. The fourth-order valence-electron chi connectivity index (χ4n) is 2.27. The van der Waals surface area contributed by atoms with Gasteiger partial charge in [-0.3, -0.25) is 0 Å². The van der Waals surface area contributed by atoms with Crippen molar-refractivity contribution < 1.29 is 14.9 Å². The molecule has 18 heavy (non-hydrogen) atoms. The van der Waals surface area contributed by atoms with Crippen LogP contribution >= 0.6 is 0 Å². The van der Waals surface area contributed by atoms with Gasteiger partial charge >= 0.3 is 0 Å². The van der Waals surface area contributed by atoms with Crippen LogP contribution in [0.4, 0.5) is 5.82 Å². The molecule has 0 unspecified atom stereocenters. The third-order valence-corrected chi connectivity index (χ3v) is 3.23. The molecule has 3 heterocycles. The molecule has 0 bridgehead atoms. The van der Waals surface area contributed by atoms with Gasteiger partial charge in [0.05, 0.1) is 18.1 Å². The number of nitrogen functional groups attached to an aromatic ring is 1. The number of aliphatic hydroxyl groups is 2. The minimum absolute atomic E-state index is 0.200. The van der Waals surface area contributed by atoms with Crippen molar-refractivity contribution >= 4 is 16.9 Å². The van der Waals surface area contributed by atoms with E-state index >= 15 is 0 Å². The van der Waals surface area contributed by atoms with E-state index in [1.165, 1.54) is 6.33 Å². The predicted octanol–water partition coefficient (Wildman–Crippen LogP) is -0.346. The van der Waals surface area contributed by atoms with Crippen LogP contribution < -0.4 is 5.73 Å². The first-order chi connectivity index (χ1) is 8.70. The molecule has 0 aromatic carbocycles. The summed E-state index contributed by atoms with van der Waals surface area (Å²) < 4.78 is 7.37. The Balaban J connectivity index is 1.99. The molecule has 2 aromatic rings. The molecule has 96 valence electrons. The van der Waals surface area contributed by atoms with E-state index in [1.54, 1.807) is 10.8 Å². The van der Waals surface area contributed by atoms with E-state index in [0.717, 1.165) is 5.39 Å². The number of ether oxygens (including phenoxy) is 1. The van der Waals surface area contributed by atoms with Gasteiger partial charge in [0, 0.05) is 12.6 Å². The monoisotopic (exact) mass is 250 g/mol. The second kappa shape index (κ2) is 4.20. The van der Waals surface area contributed by atoms with E-state index in [4.69, 9.17) is 15.6 Å². The van der Waals surface area contributed by atoms with Gasteiger partial charge in [0.15, 0.2) is 0 Å². The molecule has 3 rings (SSSR count). The number of aromatic nitrogens is 3. The lowest BCUT2D eigenvalue weighted by atomic mass is 10.2. The topological polar surface area (TPSA) is 106 Å². The predicted molar refractivity (Wildman–Crippen MR) is 63.6 cm³/mol. The number of hydrogen-bond acceptors (Lipinski definition) is 6. The summed E-state index contributed by atoms with van der Waals surface area (Å²) in [6.07, 6.45) is 2.04. The molecule has 1 aliphatic rings. The molecule has 1 aliphatic heterocycles. The first kappa shape index (κ1) is 11.4. The fraction of sp³-hybridized carbons (Fsp3) is 0.455. The standard InChI is InChI=1S/C11H14N4O3/c12-10-6-1-2-15(11(6)14-5-13-10)9-3-7(17)8(4-16)18-9/h1-2,5,7-9,16-17H,3-4H2,(H2,12,13,14)/t7-,8+,9-/m1/s1. The van der Waals surface area contributed by atoms with E-state index in [2.05, 4.69) is 9.97 Å². The van der Waals surface area contributed by atoms with Gasteiger partial charge in [0.1, 0.15) is 30.1 Å². The highest BCUT2D eigenvalue weighted by molar-refractivity contribution is 5.86. The molecule has 7 heteroatoms. The maximum atomic E-state index is 9.73. The summed E-state index contributed by atoms with van der Waals surface area (Å²) in [5.74, 6) is 0.413. The quantitative estimate of drug-likeness (QED) is 0.673. The van der Waals surface area contributed by atoms with Crippen molar-refractivity contribution in [3.8, 4) is 0 Å². The maximum absolute atomic E-state index is 9.73. The smallest absolute Gasteiger partial charge is 0.147 e. The van der Waals surface area contributed by atoms with Crippen LogP contribution in [0.2, 0.25) is 0 Å². The van der Waals surface area contributed by atoms with Crippen molar-refractivity contribution in [3.63, 3.8) is 0 Å². The van der Waals surface area contributed by atoms with Crippen LogP contribution in [0.15, 0.2) is 18.6 Å². The molecule has 0 amide bonds. The largest absolute Gasteiger partial charge is 0.394 e. The minimum atomic E-state index is -0.670. The molecule has 0 spiro atoms. The number of hydrogen-bond donors (Lipinski definition) is 3. The SMILES string of the molecule is Nc1ncnc2c1ccn2[C@H]1C[C@@H](O)[C@H](CO)O1. The lowest BCUT2D eigenvalue weighted by Gasteiger charge is -2.14. The van der Waals surface area contributed by atoms with Gasteiger partial charge in [-0.25, -0.2) is 9.97 Å². The van der Waals surface area contributed by atoms with Crippen LogP contribution in [-0.2, 0) is 4.74 Å². The van der Waals surface area contributed by atoms with Crippen LogP contribution in [0.5, 0.6) is 0 Å². The molecular weight excluding hydrogens is 236 g/mol. The summed E-state index contributed by atoms with van der Waals surface area (Å²) in [5.41, 5.74) is 6.42. The summed E-state index contributed by atoms with van der Waals surface area (Å²) in [6, 6.07) is 1.81. The van der Waals surface area contributed by atoms with Crippen LogP contribution in [0, 0.1) is 0 Å². The van der Waals surface area contributed by atoms with Crippen molar-refractivity contribution in [3.05, 3.63) is 18.6 Å². The zero-order chi connectivity index (χ0) is 12.7. The Morgan fingerprint density at radius 1 is 1.50 bits per heavy atom. The Kier molecular flexibility index (Phi) is 2.66. The summed E-state index contributed by atoms with van der Waals surface area (Å²) in [5, 5.41) is 19.6. The molecule has 0 aliphatic carbocycles. The van der Waals surface area contributed by atoms with Crippen LogP contribution in [0.1, 0.15) is 12.6 Å². The Bertz CT molecular complexity index is 570. The Hall–Kier alpha value is -1.70. The number of anilines is 1. The van der Waals surface area contributed by atoms with Crippen LogP contribution in [-0.4, -0.2) is 43.6 Å². The normalized spacial score (nSPS) is 28.0. The van der Waals surface area contributed by atoms with Crippen molar-refractivity contribution in [2.75, 3.05) is 12.3 Å². The van der Waals surface area contributed by atoms with Crippen molar-refractivity contribution in [2.45, 2.75) is 24.9 Å². The number of fused-ring (bicyclic) bond motifs is 1. The van der Waals surface area contributed by atoms with E-state index in [9.17, 15) is 5.11 Å². The van der Waals surface area contributed by atoms with Gasteiger partial charge in [-0.2, -0.15) is 0 Å². The second-order valence-corrected chi connectivity index (χ2v) is 4.33. The highest BCUT2D eigenvalue weighted by atomic mass is 16.5. The van der Waals surface area contributed by atoms with Crippen molar-refractivity contribution in [1.82, 2.24) is 14.5 Å². The third-order valence-electron chi connectivity index (χ3n) is 3.23. The summed E-state index contributed by atoms with van der Waals surface area (Å²) >= 11 is 0. The number of aliphatic hydroxyl groups excluding tert-OH is 2. The summed E-state index contributed by atoms with van der Waals surface area (Å²) in [6.45, 7) is -0.200. The zero-order valence-corrected chi connectivity index (χ0v) is 9.60. The van der Waals surface area contributed by atoms with Gasteiger partial charge < -0.3 is 25.3 Å². The van der Waals surface area contributed by atoms with Crippen LogP contribution in [0.3, 0.4) is 0 Å². The zero-order valence-electron chi connectivity index (χ0n) is 9.60.